The summed E-state index contributed by atoms with van der Waals surface area (Å²) in [7, 11) is 1.78. The third kappa shape index (κ3) is 2.61. The molecule has 1 aromatic heterocycles. The Labute approximate surface area is 118 Å². The molecule has 19 heavy (non-hydrogen) atoms. The first-order valence-electron chi connectivity index (χ1n) is 7.35. The van der Waals surface area contributed by atoms with E-state index in [1.807, 2.05) is 0 Å². The first kappa shape index (κ1) is 13.3. The van der Waals surface area contributed by atoms with E-state index in [4.69, 9.17) is 9.72 Å². The summed E-state index contributed by atoms with van der Waals surface area (Å²) >= 11 is 1.58. The lowest BCUT2D eigenvalue weighted by Crippen LogP contribution is -2.17. The highest BCUT2D eigenvalue weighted by molar-refractivity contribution is 7.14. The van der Waals surface area contributed by atoms with Crippen LogP contribution in [0.4, 0.5) is 0 Å². The average Bonchev–Trinajstić information content (AvgIpc) is 2.86. The van der Waals surface area contributed by atoms with Gasteiger partial charge in [-0.15, -0.1) is 11.3 Å². The molecule has 0 N–H and O–H groups in total. The van der Waals surface area contributed by atoms with E-state index >= 15 is 0 Å². The molecular formula is C15H21NO2S. The molecule has 104 valence electrons. The Balaban J connectivity index is 1.85. The van der Waals surface area contributed by atoms with Crippen molar-refractivity contribution in [2.75, 3.05) is 7.11 Å². The van der Waals surface area contributed by atoms with Crippen LogP contribution in [0, 0.1) is 5.92 Å². The fourth-order valence-corrected chi connectivity index (χ4v) is 4.59. The van der Waals surface area contributed by atoms with Gasteiger partial charge in [0, 0.05) is 13.5 Å². The molecule has 2 aliphatic carbocycles. The third-order valence-corrected chi connectivity index (χ3v) is 5.56. The van der Waals surface area contributed by atoms with Crippen LogP contribution in [0.15, 0.2) is 0 Å². The van der Waals surface area contributed by atoms with Crippen molar-refractivity contribution in [3.63, 3.8) is 0 Å². The number of rotatable bonds is 3. The van der Waals surface area contributed by atoms with Crippen LogP contribution in [0.2, 0.25) is 0 Å². The lowest BCUT2D eigenvalue weighted by Gasteiger charge is -2.27. The monoisotopic (exact) mass is 279 g/mol. The van der Waals surface area contributed by atoms with E-state index in [2.05, 4.69) is 0 Å². The average molecular weight is 279 g/mol. The maximum atomic E-state index is 11.9. The van der Waals surface area contributed by atoms with E-state index in [-0.39, 0.29) is 11.9 Å². The lowest BCUT2D eigenvalue weighted by atomic mass is 9.85. The summed E-state index contributed by atoms with van der Waals surface area (Å²) < 4.78 is 5.73. The summed E-state index contributed by atoms with van der Waals surface area (Å²) in [6.07, 6.45) is 9.12. The van der Waals surface area contributed by atoms with Crippen molar-refractivity contribution in [2.45, 2.75) is 57.5 Å². The summed E-state index contributed by atoms with van der Waals surface area (Å²) in [4.78, 5) is 17.5. The molecule has 1 aromatic rings. The zero-order chi connectivity index (χ0) is 13.2. The standard InChI is InChI=1S/C15H21NO2S/c1-18-13(10-6-3-2-4-7-10)15-16-11-8-5-9-12(17)14(11)19-15/h10,13H,2-9H2,1H3. The fraction of sp³-hybridized carbons (Fsp3) is 0.733. The number of fused-ring (bicyclic) bond motifs is 1. The summed E-state index contributed by atoms with van der Waals surface area (Å²) in [5.41, 5.74) is 1.02. The largest absolute Gasteiger partial charge is 0.374 e. The molecule has 0 aromatic carbocycles. The number of carbonyl (C=O) groups is 1. The highest BCUT2D eigenvalue weighted by Gasteiger charge is 2.30. The third-order valence-electron chi connectivity index (χ3n) is 4.36. The van der Waals surface area contributed by atoms with Crippen LogP contribution < -0.4 is 0 Å². The minimum atomic E-state index is 0.101. The van der Waals surface area contributed by atoms with E-state index in [0.29, 0.717) is 12.3 Å². The SMILES string of the molecule is COC(c1nc2c(s1)C(=O)CCC2)C1CCCCC1. The summed E-state index contributed by atoms with van der Waals surface area (Å²) in [5, 5.41) is 1.04. The number of ether oxygens (including phenoxy) is 1. The van der Waals surface area contributed by atoms with Gasteiger partial charge in [-0.2, -0.15) is 0 Å². The first-order chi connectivity index (χ1) is 9.29. The first-order valence-corrected chi connectivity index (χ1v) is 8.17. The predicted octanol–water partition coefficient (Wildman–Crippen LogP) is 3.93. The zero-order valence-electron chi connectivity index (χ0n) is 11.5. The van der Waals surface area contributed by atoms with Crippen molar-refractivity contribution in [1.29, 1.82) is 0 Å². The van der Waals surface area contributed by atoms with Crippen LogP contribution in [0.25, 0.3) is 0 Å². The van der Waals surface area contributed by atoms with Gasteiger partial charge in [-0.1, -0.05) is 19.3 Å². The summed E-state index contributed by atoms with van der Waals surface area (Å²) in [6.45, 7) is 0. The van der Waals surface area contributed by atoms with Crippen molar-refractivity contribution in [2.24, 2.45) is 5.92 Å². The number of aromatic nitrogens is 1. The van der Waals surface area contributed by atoms with Gasteiger partial charge in [0.25, 0.3) is 0 Å². The Morgan fingerprint density at radius 2 is 2.00 bits per heavy atom. The molecule has 1 atom stereocenters. The molecule has 3 nitrogen and oxygen atoms in total. The Morgan fingerprint density at radius 1 is 1.21 bits per heavy atom. The normalized spacial score (nSPS) is 22.3. The quantitative estimate of drug-likeness (QED) is 0.841. The minimum absolute atomic E-state index is 0.101. The van der Waals surface area contributed by atoms with Crippen molar-refractivity contribution >= 4 is 17.1 Å². The minimum Gasteiger partial charge on any atom is -0.374 e. The number of aryl methyl sites for hydroxylation is 1. The molecular weight excluding hydrogens is 258 g/mol. The van der Waals surface area contributed by atoms with Gasteiger partial charge in [0.1, 0.15) is 11.1 Å². The van der Waals surface area contributed by atoms with Crippen LogP contribution in [0.3, 0.4) is 0 Å². The molecule has 0 radical (unpaired) electrons. The van der Waals surface area contributed by atoms with E-state index < -0.39 is 0 Å². The van der Waals surface area contributed by atoms with E-state index in [1.54, 1.807) is 18.4 Å². The zero-order valence-corrected chi connectivity index (χ0v) is 12.3. The Kier molecular flexibility index (Phi) is 3.99. The van der Waals surface area contributed by atoms with Gasteiger partial charge in [0.05, 0.1) is 10.6 Å². The molecule has 1 heterocycles. The van der Waals surface area contributed by atoms with Crippen LogP contribution in [-0.4, -0.2) is 17.9 Å². The van der Waals surface area contributed by atoms with E-state index in [9.17, 15) is 4.79 Å². The maximum absolute atomic E-state index is 11.9. The summed E-state index contributed by atoms with van der Waals surface area (Å²) in [5.74, 6) is 0.866. The summed E-state index contributed by atoms with van der Waals surface area (Å²) in [6, 6.07) is 0. The van der Waals surface area contributed by atoms with Gasteiger partial charge in [-0.3, -0.25) is 4.79 Å². The molecule has 0 saturated heterocycles. The van der Waals surface area contributed by atoms with Gasteiger partial charge < -0.3 is 4.74 Å². The molecule has 0 aliphatic heterocycles. The van der Waals surface area contributed by atoms with Gasteiger partial charge in [0.2, 0.25) is 0 Å². The second kappa shape index (κ2) is 5.71. The Bertz CT molecular complexity index is 463. The number of ketones is 1. The molecule has 0 amide bonds. The van der Waals surface area contributed by atoms with E-state index in [1.165, 1.54) is 32.1 Å². The second-order valence-corrected chi connectivity index (χ2v) is 6.69. The Morgan fingerprint density at radius 3 is 2.68 bits per heavy atom. The van der Waals surface area contributed by atoms with Gasteiger partial charge >= 0.3 is 0 Å². The molecule has 1 fully saturated rings. The molecule has 2 aliphatic rings. The Hall–Kier alpha value is -0.740. The van der Waals surface area contributed by atoms with Crippen LogP contribution in [-0.2, 0) is 11.2 Å². The number of hydrogen-bond donors (Lipinski definition) is 0. The molecule has 0 spiro atoms. The van der Waals surface area contributed by atoms with Crippen LogP contribution in [0.1, 0.15) is 71.4 Å². The topological polar surface area (TPSA) is 39.2 Å². The predicted molar refractivity (Wildman–Crippen MR) is 75.7 cm³/mol. The second-order valence-electron chi connectivity index (χ2n) is 5.66. The fourth-order valence-electron chi connectivity index (χ4n) is 3.34. The molecule has 1 unspecified atom stereocenters. The highest BCUT2D eigenvalue weighted by Crippen LogP contribution is 2.39. The van der Waals surface area contributed by atoms with Crippen LogP contribution in [0.5, 0.6) is 0 Å². The smallest absolute Gasteiger partial charge is 0.174 e. The van der Waals surface area contributed by atoms with Gasteiger partial charge in [-0.25, -0.2) is 4.98 Å². The number of hydrogen-bond acceptors (Lipinski definition) is 4. The van der Waals surface area contributed by atoms with Crippen molar-refractivity contribution in [3.8, 4) is 0 Å². The number of Topliss-reactive ketones (excluding diaryl/α,β-unsaturated/α-hetero) is 1. The van der Waals surface area contributed by atoms with Gasteiger partial charge in [-0.05, 0) is 31.6 Å². The molecule has 4 heteroatoms. The molecule has 3 rings (SSSR count). The number of carbonyl (C=O) groups excluding carboxylic acids is 1. The highest BCUT2D eigenvalue weighted by atomic mass is 32.1. The van der Waals surface area contributed by atoms with Crippen LogP contribution >= 0.6 is 11.3 Å². The molecule has 0 bridgehead atoms. The maximum Gasteiger partial charge on any atom is 0.174 e. The number of methoxy groups -OCH3 is 1. The number of nitrogens with zero attached hydrogens (tertiary/aromatic N) is 1. The van der Waals surface area contributed by atoms with E-state index in [0.717, 1.165) is 28.4 Å². The van der Waals surface area contributed by atoms with Crippen molar-refractivity contribution in [1.82, 2.24) is 4.98 Å². The van der Waals surface area contributed by atoms with Crippen molar-refractivity contribution < 1.29 is 9.53 Å². The molecule has 1 saturated carbocycles. The van der Waals surface area contributed by atoms with Crippen molar-refractivity contribution in [3.05, 3.63) is 15.6 Å². The number of thiazole rings is 1. The van der Waals surface area contributed by atoms with Gasteiger partial charge in [0.15, 0.2) is 5.78 Å². The lowest BCUT2D eigenvalue weighted by molar-refractivity contribution is 0.0351.